The lowest BCUT2D eigenvalue weighted by Crippen LogP contribution is -2.48. The number of carboxylic acids is 1. The van der Waals surface area contributed by atoms with Crippen molar-refractivity contribution in [3.05, 3.63) is 0 Å². The van der Waals surface area contributed by atoms with Crippen LogP contribution in [0.4, 0.5) is 0 Å². The maximum absolute atomic E-state index is 12.4. The first-order valence-electron chi connectivity index (χ1n) is 6.98. The van der Waals surface area contributed by atoms with Crippen molar-refractivity contribution in [3.8, 4) is 0 Å². The number of carboxylic acid groups (broad SMARTS) is 1. The molecule has 1 saturated carbocycles. The topological polar surface area (TPSA) is 74.7 Å². The number of hydrogen-bond acceptors (Lipinski definition) is 3. The summed E-state index contributed by atoms with van der Waals surface area (Å²) >= 11 is 0. The van der Waals surface area contributed by atoms with Gasteiger partial charge >= 0.3 is 5.97 Å². The van der Waals surface area contributed by atoms with Crippen LogP contribution in [0.25, 0.3) is 0 Å². The van der Waals surface area contributed by atoms with E-state index in [1.165, 1.54) is 0 Å². The van der Waals surface area contributed by atoms with Gasteiger partial charge in [-0.05, 0) is 24.7 Å². The van der Waals surface area contributed by atoms with E-state index < -0.39 is 12.0 Å². The van der Waals surface area contributed by atoms with Crippen LogP contribution in [-0.2, 0) is 14.4 Å². The predicted molar refractivity (Wildman–Crippen MR) is 68.1 cm³/mol. The van der Waals surface area contributed by atoms with E-state index in [-0.39, 0.29) is 29.6 Å². The second-order valence-electron chi connectivity index (χ2n) is 6.03. The summed E-state index contributed by atoms with van der Waals surface area (Å²) in [5, 5.41) is 9.25. The van der Waals surface area contributed by atoms with Crippen molar-refractivity contribution in [2.24, 2.45) is 23.7 Å². The normalized spacial score (nSPS) is 32.0. The zero-order valence-electron chi connectivity index (χ0n) is 11.6. The Balaban J connectivity index is 2.25. The number of carbonyl (C=O) groups excluding carboxylic acids is 2. The zero-order chi connectivity index (χ0) is 14.3. The number of nitrogens with zero attached hydrogens (tertiary/aromatic N) is 1. The molecule has 2 fully saturated rings. The first-order valence-corrected chi connectivity index (χ1v) is 6.98. The van der Waals surface area contributed by atoms with Gasteiger partial charge in [0.05, 0.1) is 11.8 Å². The van der Waals surface area contributed by atoms with Crippen LogP contribution in [0.3, 0.4) is 0 Å². The largest absolute Gasteiger partial charge is 0.480 e. The van der Waals surface area contributed by atoms with Crippen molar-refractivity contribution in [2.45, 2.75) is 46.1 Å². The fraction of sp³-hybridized carbons (Fsp3) is 0.786. The van der Waals surface area contributed by atoms with Crippen LogP contribution >= 0.6 is 0 Å². The van der Waals surface area contributed by atoms with Crippen molar-refractivity contribution in [3.63, 3.8) is 0 Å². The van der Waals surface area contributed by atoms with Crippen LogP contribution in [0.15, 0.2) is 0 Å². The quantitative estimate of drug-likeness (QED) is 0.784. The minimum absolute atomic E-state index is 0.271. The number of hydrogen-bond donors (Lipinski definition) is 1. The minimum Gasteiger partial charge on any atom is -0.480 e. The Morgan fingerprint density at radius 3 is 2.05 bits per heavy atom. The average Bonchev–Trinajstić information content (AvgIpc) is 2.84. The number of aliphatic carboxylic acids is 1. The Kier molecular flexibility index (Phi) is 3.65. The third-order valence-electron chi connectivity index (χ3n) is 4.51. The van der Waals surface area contributed by atoms with Gasteiger partial charge in [-0.3, -0.25) is 14.5 Å². The number of rotatable bonds is 4. The highest BCUT2D eigenvalue weighted by Gasteiger charge is 2.55. The number of likely N-dealkylation sites (tertiary alicyclic amines) is 1. The number of amides is 2. The second-order valence-corrected chi connectivity index (χ2v) is 6.03. The Morgan fingerprint density at radius 2 is 1.74 bits per heavy atom. The molecule has 1 saturated heterocycles. The molecule has 19 heavy (non-hydrogen) atoms. The van der Waals surface area contributed by atoms with Crippen LogP contribution in [0.5, 0.6) is 0 Å². The van der Waals surface area contributed by atoms with Gasteiger partial charge in [-0.1, -0.05) is 27.2 Å². The molecule has 0 aromatic rings. The van der Waals surface area contributed by atoms with Gasteiger partial charge in [0.2, 0.25) is 11.8 Å². The predicted octanol–water partition coefficient (Wildman–Crippen LogP) is 1.52. The maximum Gasteiger partial charge on any atom is 0.327 e. The summed E-state index contributed by atoms with van der Waals surface area (Å²) in [6, 6.07) is -1.02. The van der Waals surface area contributed by atoms with Gasteiger partial charge in [0.25, 0.3) is 0 Å². The number of carbonyl (C=O) groups is 3. The molecule has 3 unspecified atom stereocenters. The van der Waals surface area contributed by atoms with E-state index in [2.05, 4.69) is 6.92 Å². The van der Waals surface area contributed by atoms with Crippen molar-refractivity contribution >= 4 is 17.8 Å². The summed E-state index contributed by atoms with van der Waals surface area (Å²) in [5.41, 5.74) is 0. The van der Waals surface area contributed by atoms with E-state index in [9.17, 15) is 19.5 Å². The Bertz CT molecular complexity index is 394. The van der Waals surface area contributed by atoms with Gasteiger partial charge in [0.15, 0.2) is 0 Å². The fourth-order valence-corrected chi connectivity index (χ4v) is 3.46. The van der Waals surface area contributed by atoms with Gasteiger partial charge < -0.3 is 5.11 Å². The molecule has 0 aromatic carbocycles. The molecule has 3 atom stereocenters. The standard InChI is InChI=1S/C14H21NO4/c1-4-8-5-9-10(6-8)13(17)15(12(9)16)11(7(2)3)14(18)19/h7-11H,4-6H2,1-3H3,(H,18,19). The lowest BCUT2D eigenvalue weighted by molar-refractivity contribution is -0.157. The third-order valence-corrected chi connectivity index (χ3v) is 4.51. The molecular weight excluding hydrogens is 246 g/mol. The van der Waals surface area contributed by atoms with Crippen molar-refractivity contribution in [2.75, 3.05) is 0 Å². The SMILES string of the molecule is CCC1CC2C(=O)N(C(C(=O)O)C(C)C)C(=O)C2C1. The first-order chi connectivity index (χ1) is 8.88. The Morgan fingerprint density at radius 1 is 1.26 bits per heavy atom. The molecular formula is C14H21NO4. The molecule has 5 heteroatoms. The van der Waals surface area contributed by atoms with Gasteiger partial charge in [-0.2, -0.15) is 0 Å². The van der Waals surface area contributed by atoms with E-state index in [1.54, 1.807) is 13.8 Å². The van der Waals surface area contributed by atoms with Crippen LogP contribution < -0.4 is 0 Å². The van der Waals surface area contributed by atoms with E-state index in [0.29, 0.717) is 5.92 Å². The van der Waals surface area contributed by atoms with Crippen LogP contribution in [-0.4, -0.2) is 33.8 Å². The fourth-order valence-electron chi connectivity index (χ4n) is 3.46. The molecule has 0 aromatic heterocycles. The summed E-state index contributed by atoms with van der Waals surface area (Å²) < 4.78 is 0. The summed E-state index contributed by atoms with van der Waals surface area (Å²) in [7, 11) is 0. The molecule has 106 valence electrons. The molecule has 0 spiro atoms. The summed E-state index contributed by atoms with van der Waals surface area (Å²) in [4.78, 5) is 37.0. The molecule has 5 nitrogen and oxygen atoms in total. The van der Waals surface area contributed by atoms with Gasteiger partial charge in [0.1, 0.15) is 6.04 Å². The van der Waals surface area contributed by atoms with E-state index >= 15 is 0 Å². The first kappa shape index (κ1) is 14.0. The highest BCUT2D eigenvalue weighted by molar-refractivity contribution is 6.08. The zero-order valence-corrected chi connectivity index (χ0v) is 11.6. The van der Waals surface area contributed by atoms with Gasteiger partial charge in [-0.25, -0.2) is 4.79 Å². The molecule has 2 rings (SSSR count). The van der Waals surface area contributed by atoms with Crippen molar-refractivity contribution < 1.29 is 19.5 Å². The lowest BCUT2D eigenvalue weighted by atomic mass is 10.00. The minimum atomic E-state index is -1.09. The van der Waals surface area contributed by atoms with E-state index in [1.807, 2.05) is 0 Å². The number of imide groups is 1. The molecule has 0 radical (unpaired) electrons. The summed E-state index contributed by atoms with van der Waals surface area (Å²) in [6.45, 7) is 5.51. The number of fused-ring (bicyclic) bond motifs is 1. The molecule has 1 N–H and O–H groups in total. The van der Waals surface area contributed by atoms with Crippen LogP contribution in [0.2, 0.25) is 0 Å². The molecule has 2 amide bonds. The lowest BCUT2D eigenvalue weighted by Gasteiger charge is -2.27. The Labute approximate surface area is 113 Å². The molecule has 1 aliphatic heterocycles. The molecule has 2 aliphatic rings. The van der Waals surface area contributed by atoms with Crippen molar-refractivity contribution in [1.29, 1.82) is 0 Å². The summed E-state index contributed by atoms with van der Waals surface area (Å²) in [6.07, 6.45) is 2.43. The highest BCUT2D eigenvalue weighted by Crippen LogP contribution is 2.45. The summed E-state index contributed by atoms with van der Waals surface area (Å²) in [5.74, 6) is -2.04. The van der Waals surface area contributed by atoms with Crippen LogP contribution in [0, 0.1) is 23.7 Å². The highest BCUT2D eigenvalue weighted by atomic mass is 16.4. The second kappa shape index (κ2) is 4.94. The van der Waals surface area contributed by atoms with Gasteiger partial charge in [0, 0.05) is 0 Å². The Hall–Kier alpha value is -1.39. The van der Waals surface area contributed by atoms with E-state index in [4.69, 9.17) is 0 Å². The third kappa shape index (κ3) is 2.15. The van der Waals surface area contributed by atoms with Crippen LogP contribution in [0.1, 0.15) is 40.0 Å². The smallest absolute Gasteiger partial charge is 0.327 e. The molecule has 0 bridgehead atoms. The average molecular weight is 267 g/mol. The monoisotopic (exact) mass is 267 g/mol. The van der Waals surface area contributed by atoms with Crippen molar-refractivity contribution in [1.82, 2.24) is 4.90 Å². The van der Waals surface area contributed by atoms with E-state index in [0.717, 1.165) is 24.2 Å². The van der Waals surface area contributed by atoms with Gasteiger partial charge in [-0.15, -0.1) is 0 Å². The molecule has 1 aliphatic carbocycles. The maximum atomic E-state index is 12.4. The molecule has 1 heterocycles.